The van der Waals surface area contributed by atoms with Crippen LogP contribution in [0.1, 0.15) is 36.3 Å². The van der Waals surface area contributed by atoms with Gasteiger partial charge >= 0.3 is 12.1 Å². The Bertz CT molecular complexity index is 1140. The summed E-state index contributed by atoms with van der Waals surface area (Å²) in [5.41, 5.74) is 4.58. The van der Waals surface area contributed by atoms with Crippen LogP contribution in [-0.2, 0) is 19.1 Å². The largest absolute Gasteiger partial charge is 0.481 e. The zero-order valence-electron chi connectivity index (χ0n) is 19.0. The van der Waals surface area contributed by atoms with Gasteiger partial charge in [-0.15, -0.1) is 0 Å². The van der Waals surface area contributed by atoms with E-state index in [0.717, 1.165) is 22.3 Å². The Morgan fingerprint density at radius 3 is 2.29 bits per heavy atom. The van der Waals surface area contributed by atoms with E-state index in [1.165, 1.54) is 0 Å². The molecule has 2 aromatic carbocycles. The highest BCUT2D eigenvalue weighted by atomic mass is 16.5. The molecule has 0 radical (unpaired) electrons. The molecule has 1 aliphatic heterocycles. The number of aliphatic carboxylic acids is 1. The molecule has 1 heterocycles. The fourth-order valence-corrected chi connectivity index (χ4v) is 5.45. The summed E-state index contributed by atoms with van der Waals surface area (Å²) in [5.74, 6) is -3.41. The molecule has 5 rings (SSSR count). The Hall–Kier alpha value is -3.88. The van der Waals surface area contributed by atoms with Crippen LogP contribution in [0.4, 0.5) is 4.79 Å². The third kappa shape index (κ3) is 4.45. The van der Waals surface area contributed by atoms with E-state index in [0.29, 0.717) is 19.3 Å². The Morgan fingerprint density at radius 1 is 0.971 bits per heavy atom. The molecule has 3 aliphatic rings. The van der Waals surface area contributed by atoms with Gasteiger partial charge in [-0.25, -0.2) is 4.79 Å². The number of ether oxygens (including phenoxy) is 1. The highest BCUT2D eigenvalue weighted by molar-refractivity contribution is 5.95. The van der Waals surface area contributed by atoms with Gasteiger partial charge in [-0.05, 0) is 41.5 Å². The molecule has 0 aromatic heterocycles. The lowest BCUT2D eigenvalue weighted by molar-refractivity contribution is -0.143. The Labute approximate surface area is 202 Å². The number of amides is 3. The monoisotopic (exact) mass is 477 g/mol. The highest BCUT2D eigenvalue weighted by Crippen LogP contribution is 2.44. The predicted octanol–water partition coefficient (Wildman–Crippen LogP) is 2.01. The number of alkyl carbamates (subject to hydrolysis) is 1. The molecule has 2 aromatic rings. The van der Waals surface area contributed by atoms with Gasteiger partial charge in [-0.2, -0.15) is 0 Å². The average Bonchev–Trinajstić information content (AvgIpc) is 3.54. The van der Waals surface area contributed by atoms with E-state index in [4.69, 9.17) is 4.74 Å². The van der Waals surface area contributed by atoms with Crippen molar-refractivity contribution in [1.82, 2.24) is 16.0 Å². The Morgan fingerprint density at radius 2 is 1.63 bits per heavy atom. The number of benzene rings is 2. The molecule has 182 valence electrons. The quantitative estimate of drug-likeness (QED) is 0.503. The smallest absolute Gasteiger partial charge is 0.407 e. The molecule has 4 atom stereocenters. The fraction of sp³-hybridized carbons (Fsp3) is 0.385. The molecule has 9 nitrogen and oxygen atoms in total. The SMILES string of the molecule is O=C(NC1CCC(C(=O)NC2C(=O)NCC2C(=O)O)C1)OCC1c2ccccc2-c2ccccc21. The normalized spacial score (nSPS) is 24.9. The maximum absolute atomic E-state index is 12.7. The number of hydrogen-bond donors (Lipinski definition) is 4. The van der Waals surface area contributed by atoms with Crippen LogP contribution in [0.15, 0.2) is 48.5 Å². The van der Waals surface area contributed by atoms with Gasteiger partial charge in [-0.3, -0.25) is 14.4 Å². The number of carboxylic acid groups (broad SMARTS) is 1. The number of hydrogen-bond acceptors (Lipinski definition) is 5. The molecule has 1 saturated carbocycles. The third-order valence-electron chi connectivity index (χ3n) is 7.27. The number of carbonyl (C=O) groups excluding carboxylic acids is 3. The summed E-state index contributed by atoms with van der Waals surface area (Å²) in [6.45, 7) is 0.208. The van der Waals surface area contributed by atoms with E-state index in [-0.39, 0.29) is 31.0 Å². The summed E-state index contributed by atoms with van der Waals surface area (Å²) in [5, 5.41) is 17.2. The van der Waals surface area contributed by atoms with Gasteiger partial charge in [0, 0.05) is 24.4 Å². The first-order chi connectivity index (χ1) is 16.9. The van der Waals surface area contributed by atoms with Gasteiger partial charge in [0.05, 0.1) is 0 Å². The topological polar surface area (TPSA) is 134 Å². The van der Waals surface area contributed by atoms with Gasteiger partial charge < -0.3 is 25.8 Å². The molecule has 0 spiro atoms. The summed E-state index contributed by atoms with van der Waals surface area (Å²) in [6.07, 6.45) is 1.01. The number of nitrogens with one attached hydrogen (secondary N) is 3. The summed E-state index contributed by atoms with van der Waals surface area (Å²) < 4.78 is 5.59. The minimum absolute atomic E-state index is 0.00422. The van der Waals surface area contributed by atoms with Crippen molar-refractivity contribution in [3.05, 3.63) is 59.7 Å². The van der Waals surface area contributed by atoms with Crippen molar-refractivity contribution in [3.63, 3.8) is 0 Å². The van der Waals surface area contributed by atoms with Crippen LogP contribution < -0.4 is 16.0 Å². The average molecular weight is 478 g/mol. The van der Waals surface area contributed by atoms with Gasteiger partial charge in [0.15, 0.2) is 0 Å². The lowest BCUT2D eigenvalue weighted by atomic mass is 9.98. The van der Waals surface area contributed by atoms with E-state index >= 15 is 0 Å². The van der Waals surface area contributed by atoms with Crippen molar-refractivity contribution in [2.24, 2.45) is 11.8 Å². The molecule has 0 bridgehead atoms. The van der Waals surface area contributed by atoms with E-state index in [9.17, 15) is 24.3 Å². The number of carbonyl (C=O) groups is 4. The maximum Gasteiger partial charge on any atom is 0.407 e. The van der Waals surface area contributed by atoms with Crippen molar-refractivity contribution >= 4 is 23.9 Å². The van der Waals surface area contributed by atoms with Crippen molar-refractivity contribution in [3.8, 4) is 11.1 Å². The molecule has 9 heteroatoms. The van der Waals surface area contributed by atoms with Crippen LogP contribution in [0.5, 0.6) is 0 Å². The lowest BCUT2D eigenvalue weighted by Crippen LogP contribution is -2.47. The minimum Gasteiger partial charge on any atom is -0.481 e. The zero-order valence-corrected chi connectivity index (χ0v) is 19.0. The van der Waals surface area contributed by atoms with Gasteiger partial charge in [0.2, 0.25) is 11.8 Å². The lowest BCUT2D eigenvalue weighted by Gasteiger charge is -2.18. The van der Waals surface area contributed by atoms with Crippen LogP contribution in [0.3, 0.4) is 0 Å². The first-order valence-corrected chi connectivity index (χ1v) is 11.8. The van der Waals surface area contributed by atoms with E-state index in [1.807, 2.05) is 24.3 Å². The summed E-state index contributed by atoms with van der Waals surface area (Å²) >= 11 is 0. The molecule has 3 amide bonds. The Kier molecular flexibility index (Phi) is 6.15. The van der Waals surface area contributed by atoms with Crippen molar-refractivity contribution < 1.29 is 29.0 Å². The molecule has 1 saturated heterocycles. The molecule has 4 unspecified atom stereocenters. The predicted molar refractivity (Wildman–Crippen MR) is 125 cm³/mol. The number of rotatable bonds is 6. The second kappa shape index (κ2) is 9.40. The maximum atomic E-state index is 12.7. The van der Waals surface area contributed by atoms with Gasteiger partial charge in [0.25, 0.3) is 0 Å². The highest BCUT2D eigenvalue weighted by Gasteiger charge is 2.42. The van der Waals surface area contributed by atoms with Gasteiger partial charge in [-0.1, -0.05) is 48.5 Å². The van der Waals surface area contributed by atoms with Crippen LogP contribution in [0.25, 0.3) is 11.1 Å². The second-order valence-electron chi connectivity index (χ2n) is 9.35. The first kappa shape index (κ1) is 22.9. The van der Waals surface area contributed by atoms with Crippen molar-refractivity contribution in [1.29, 1.82) is 0 Å². The van der Waals surface area contributed by atoms with E-state index < -0.39 is 35.8 Å². The molecular weight excluding hydrogens is 450 g/mol. The number of fused-ring (bicyclic) bond motifs is 3. The third-order valence-corrected chi connectivity index (χ3v) is 7.27. The summed E-state index contributed by atoms with van der Waals surface area (Å²) in [6, 6.07) is 14.9. The second-order valence-corrected chi connectivity index (χ2v) is 9.35. The first-order valence-electron chi connectivity index (χ1n) is 11.8. The summed E-state index contributed by atoms with van der Waals surface area (Å²) in [4.78, 5) is 48.4. The molecule has 35 heavy (non-hydrogen) atoms. The molecular formula is C26H27N3O6. The molecule has 2 aliphatic carbocycles. The number of carboxylic acids is 1. The van der Waals surface area contributed by atoms with Crippen LogP contribution >= 0.6 is 0 Å². The van der Waals surface area contributed by atoms with Gasteiger partial charge in [0.1, 0.15) is 18.6 Å². The van der Waals surface area contributed by atoms with E-state index in [1.54, 1.807) is 0 Å². The molecule has 4 N–H and O–H groups in total. The standard InChI is InChI=1S/C26H27N3O6/c30-23(29-22-20(25(32)33)12-27-24(22)31)14-9-10-15(11-14)28-26(34)35-13-21-18-7-3-1-5-16(18)17-6-2-4-8-19(17)21/h1-8,14-15,20-22H,9-13H2,(H,27,31)(H,28,34)(H,29,30)(H,32,33). The van der Waals surface area contributed by atoms with Crippen LogP contribution in [0, 0.1) is 11.8 Å². The minimum atomic E-state index is -1.13. The van der Waals surface area contributed by atoms with E-state index in [2.05, 4.69) is 40.2 Å². The molecule has 2 fully saturated rings. The van der Waals surface area contributed by atoms with Crippen molar-refractivity contribution in [2.45, 2.75) is 37.3 Å². The Balaban J connectivity index is 1.13. The summed E-state index contributed by atoms with van der Waals surface area (Å²) in [7, 11) is 0. The van der Waals surface area contributed by atoms with Crippen LogP contribution in [-0.4, -0.2) is 54.2 Å². The van der Waals surface area contributed by atoms with Crippen molar-refractivity contribution in [2.75, 3.05) is 13.2 Å². The zero-order chi connectivity index (χ0) is 24.5. The van der Waals surface area contributed by atoms with Crippen LogP contribution in [0.2, 0.25) is 0 Å². The fourth-order valence-electron chi connectivity index (χ4n) is 5.45.